The van der Waals surface area contributed by atoms with E-state index in [1.54, 1.807) is 27.8 Å². The van der Waals surface area contributed by atoms with Gasteiger partial charge in [-0.3, -0.25) is 14.3 Å². The Kier molecular flexibility index (Phi) is 7.57. The second-order valence-corrected chi connectivity index (χ2v) is 8.54. The van der Waals surface area contributed by atoms with E-state index in [2.05, 4.69) is 35.3 Å². The molecule has 190 valence electrons. The molecule has 0 aromatic carbocycles. The summed E-state index contributed by atoms with van der Waals surface area (Å²) in [5, 5.41) is 27.1. The van der Waals surface area contributed by atoms with Gasteiger partial charge in [0.05, 0.1) is 31.6 Å². The van der Waals surface area contributed by atoms with Crippen LogP contribution >= 0.6 is 0 Å². The molecule has 36 heavy (non-hydrogen) atoms. The lowest BCUT2D eigenvalue weighted by molar-refractivity contribution is -0.124. The first-order valence-corrected chi connectivity index (χ1v) is 11.1. The molecule has 1 aliphatic heterocycles. The minimum absolute atomic E-state index is 0.0842. The summed E-state index contributed by atoms with van der Waals surface area (Å²) in [4.78, 5) is 34.3. The molecule has 3 aromatic rings. The van der Waals surface area contributed by atoms with Crippen molar-refractivity contribution in [2.75, 3.05) is 25.6 Å². The van der Waals surface area contributed by atoms with Crippen molar-refractivity contribution in [3.05, 3.63) is 52.7 Å². The van der Waals surface area contributed by atoms with Gasteiger partial charge in [0.25, 0.3) is 0 Å². The maximum Gasteiger partial charge on any atom is 0.237 e. The van der Waals surface area contributed by atoms with Crippen LogP contribution in [0.5, 0.6) is 0 Å². The number of ether oxygens (including phenoxy) is 1. The summed E-state index contributed by atoms with van der Waals surface area (Å²) in [6.45, 7) is -0.355. The van der Waals surface area contributed by atoms with E-state index >= 15 is 0 Å². The van der Waals surface area contributed by atoms with Crippen LogP contribution in [-0.4, -0.2) is 85.6 Å². The number of imidazole rings is 1. The first kappa shape index (κ1) is 25.2. The number of pyridine rings is 1. The van der Waals surface area contributed by atoms with Gasteiger partial charge in [-0.1, -0.05) is 5.11 Å². The number of amides is 1. The van der Waals surface area contributed by atoms with E-state index in [4.69, 9.17) is 16.0 Å². The fraction of sp³-hybridized carbons (Fsp3) is 0.476. The summed E-state index contributed by atoms with van der Waals surface area (Å²) in [5.41, 5.74) is 16.8. The Morgan fingerprint density at radius 3 is 2.92 bits per heavy atom. The Hall–Kier alpha value is -3.88. The number of aliphatic hydroxyl groups is 2. The molecular formula is C21H27N11O4. The van der Waals surface area contributed by atoms with E-state index in [9.17, 15) is 15.0 Å². The van der Waals surface area contributed by atoms with Gasteiger partial charge in [-0.05, 0) is 29.6 Å². The van der Waals surface area contributed by atoms with Crippen LogP contribution in [0.3, 0.4) is 0 Å². The molecule has 3 aromatic heterocycles. The van der Waals surface area contributed by atoms with E-state index in [1.165, 1.54) is 12.7 Å². The Morgan fingerprint density at radius 1 is 1.39 bits per heavy atom. The van der Waals surface area contributed by atoms with Crippen molar-refractivity contribution in [2.45, 2.75) is 43.5 Å². The number of aliphatic hydroxyl groups excluding tert-OH is 2. The standard InChI is InChI=1S/C21H27N11O4/c1-31(2)18-16-19(26-9-25-18)32(10-27-16)21-17(34)15(14(8-33)36-21)29-20(35)13(22)6-11-3-4-24-12(5-11)7-28-30-23/h3-5,9-10,13-15,17,21,33-34H,6-8,22H2,1-2H3,(H,29,35)/t13?,14-,15-,17-,21-/m1/s1. The van der Waals surface area contributed by atoms with Gasteiger partial charge in [-0.15, -0.1) is 0 Å². The van der Waals surface area contributed by atoms with Gasteiger partial charge in [0.1, 0.15) is 18.5 Å². The second kappa shape index (κ2) is 10.8. The molecule has 0 bridgehead atoms. The highest BCUT2D eigenvalue weighted by molar-refractivity contribution is 5.83. The van der Waals surface area contributed by atoms with Gasteiger partial charge >= 0.3 is 0 Å². The molecule has 4 heterocycles. The number of fused-ring (bicyclic) bond motifs is 1. The van der Waals surface area contributed by atoms with Crippen molar-refractivity contribution in [3.63, 3.8) is 0 Å². The molecule has 1 fully saturated rings. The zero-order valence-corrected chi connectivity index (χ0v) is 19.7. The van der Waals surface area contributed by atoms with Crippen LogP contribution < -0.4 is 16.0 Å². The molecular weight excluding hydrogens is 470 g/mol. The number of hydrogen-bond acceptors (Lipinski definition) is 11. The van der Waals surface area contributed by atoms with E-state index in [0.29, 0.717) is 22.7 Å². The van der Waals surface area contributed by atoms with Gasteiger partial charge in [0.15, 0.2) is 23.2 Å². The normalized spacial score (nSPS) is 22.2. The van der Waals surface area contributed by atoms with Gasteiger partial charge in [-0.25, -0.2) is 15.0 Å². The van der Waals surface area contributed by atoms with Crippen LogP contribution in [0.1, 0.15) is 17.5 Å². The van der Waals surface area contributed by atoms with E-state index in [-0.39, 0.29) is 13.0 Å². The number of aromatic nitrogens is 5. The molecule has 15 heteroatoms. The van der Waals surface area contributed by atoms with Crippen LogP contribution in [0.4, 0.5) is 5.82 Å². The lowest BCUT2D eigenvalue weighted by Crippen LogP contribution is -2.53. The number of azide groups is 1. The Balaban J connectivity index is 1.48. The third kappa shape index (κ3) is 5.05. The molecule has 1 aliphatic rings. The largest absolute Gasteiger partial charge is 0.394 e. The van der Waals surface area contributed by atoms with Crippen molar-refractivity contribution in [3.8, 4) is 0 Å². The minimum atomic E-state index is -1.22. The molecule has 0 spiro atoms. The summed E-state index contributed by atoms with van der Waals surface area (Å²) in [6.07, 6.45) is 1.53. The molecule has 0 radical (unpaired) electrons. The van der Waals surface area contributed by atoms with Gasteiger partial charge < -0.3 is 30.9 Å². The molecule has 1 unspecified atom stereocenters. The summed E-state index contributed by atoms with van der Waals surface area (Å²) in [5.74, 6) is 0.0716. The highest BCUT2D eigenvalue weighted by Gasteiger charge is 2.46. The van der Waals surface area contributed by atoms with Crippen molar-refractivity contribution in [2.24, 2.45) is 10.8 Å². The fourth-order valence-electron chi connectivity index (χ4n) is 4.12. The number of carbonyl (C=O) groups excluding carboxylic acids is 1. The first-order chi connectivity index (χ1) is 17.3. The zero-order valence-electron chi connectivity index (χ0n) is 19.7. The summed E-state index contributed by atoms with van der Waals surface area (Å²) < 4.78 is 7.43. The van der Waals surface area contributed by atoms with E-state index < -0.39 is 43.0 Å². The number of rotatable bonds is 9. The average Bonchev–Trinajstić information content (AvgIpc) is 3.43. The summed E-state index contributed by atoms with van der Waals surface area (Å²) >= 11 is 0. The first-order valence-electron chi connectivity index (χ1n) is 11.1. The lowest BCUT2D eigenvalue weighted by Gasteiger charge is -2.23. The molecule has 0 saturated carbocycles. The third-order valence-corrected chi connectivity index (χ3v) is 5.87. The monoisotopic (exact) mass is 497 g/mol. The van der Waals surface area contributed by atoms with E-state index in [0.717, 1.165) is 5.56 Å². The maximum absolute atomic E-state index is 12.9. The summed E-state index contributed by atoms with van der Waals surface area (Å²) in [6, 6.07) is 1.54. The highest BCUT2D eigenvalue weighted by Crippen LogP contribution is 2.32. The quantitative estimate of drug-likeness (QED) is 0.167. The fourth-order valence-corrected chi connectivity index (χ4v) is 4.12. The molecule has 4 rings (SSSR count). The SMILES string of the molecule is CN(C)c1ncnc2c1ncn2[C@@H]1O[C@H](CO)[C@@H](NC(=O)C(N)Cc2ccnc(CN=[N+]=[N-])c2)[C@H]1O. The molecule has 0 aliphatic carbocycles. The van der Waals surface area contributed by atoms with E-state index in [1.807, 2.05) is 14.1 Å². The number of anilines is 1. The predicted molar refractivity (Wildman–Crippen MR) is 127 cm³/mol. The van der Waals surface area contributed by atoms with Crippen molar-refractivity contribution in [1.29, 1.82) is 0 Å². The Labute approximate surface area is 205 Å². The van der Waals surface area contributed by atoms with Crippen molar-refractivity contribution < 1.29 is 19.7 Å². The van der Waals surface area contributed by atoms with Crippen LogP contribution in [-0.2, 0) is 22.5 Å². The Bertz CT molecular complexity index is 1280. The molecule has 5 atom stereocenters. The topological polar surface area (TPSA) is 213 Å². The number of nitrogens with one attached hydrogen (secondary N) is 1. The van der Waals surface area contributed by atoms with Crippen LogP contribution in [0.25, 0.3) is 21.6 Å². The van der Waals surface area contributed by atoms with Crippen molar-refractivity contribution >= 4 is 22.9 Å². The van der Waals surface area contributed by atoms with Crippen LogP contribution in [0.15, 0.2) is 36.1 Å². The van der Waals surface area contributed by atoms with Crippen LogP contribution in [0, 0.1) is 0 Å². The number of nitrogens with two attached hydrogens (primary N) is 1. The van der Waals surface area contributed by atoms with Crippen molar-refractivity contribution in [1.82, 2.24) is 29.8 Å². The second-order valence-electron chi connectivity index (χ2n) is 8.54. The molecule has 5 N–H and O–H groups in total. The number of nitrogens with zero attached hydrogens (tertiary/aromatic N) is 9. The van der Waals surface area contributed by atoms with Gasteiger partial charge in [-0.2, -0.15) is 0 Å². The minimum Gasteiger partial charge on any atom is -0.394 e. The zero-order chi connectivity index (χ0) is 25.8. The molecule has 15 nitrogen and oxygen atoms in total. The average molecular weight is 498 g/mol. The molecule has 1 saturated heterocycles. The Morgan fingerprint density at radius 2 is 2.19 bits per heavy atom. The van der Waals surface area contributed by atoms with Gasteiger partial charge in [0.2, 0.25) is 5.91 Å². The summed E-state index contributed by atoms with van der Waals surface area (Å²) in [7, 11) is 3.65. The van der Waals surface area contributed by atoms with Crippen LogP contribution in [0.2, 0.25) is 0 Å². The molecule has 1 amide bonds. The van der Waals surface area contributed by atoms with Gasteiger partial charge in [0, 0.05) is 30.9 Å². The third-order valence-electron chi connectivity index (χ3n) is 5.87. The predicted octanol–water partition coefficient (Wildman–Crippen LogP) is -0.597. The number of hydrogen-bond donors (Lipinski definition) is 4. The lowest BCUT2D eigenvalue weighted by atomic mass is 10.0. The maximum atomic E-state index is 12.9. The highest BCUT2D eigenvalue weighted by atomic mass is 16.5. The number of carbonyl (C=O) groups is 1. The smallest absolute Gasteiger partial charge is 0.237 e.